The minimum atomic E-state index is -4.17. The van der Waals surface area contributed by atoms with Gasteiger partial charge in [-0.15, -0.1) is 12.4 Å². The molecular weight excluding hydrogens is 352 g/mol. The molecule has 1 saturated heterocycles. The first kappa shape index (κ1) is 20.7. The molecule has 9 heteroatoms. The van der Waals surface area contributed by atoms with Crippen LogP contribution in [0.1, 0.15) is 18.4 Å². The lowest BCUT2D eigenvalue weighted by Crippen LogP contribution is -2.35. The highest BCUT2D eigenvalue weighted by Gasteiger charge is 2.40. The summed E-state index contributed by atoms with van der Waals surface area (Å²) in [5.41, 5.74) is 1.01. The number of ether oxygens (including phenoxy) is 1. The summed E-state index contributed by atoms with van der Waals surface area (Å²) in [4.78, 5) is 12.0. The van der Waals surface area contributed by atoms with E-state index in [9.17, 15) is 22.4 Å². The van der Waals surface area contributed by atoms with Crippen molar-refractivity contribution in [1.29, 1.82) is 0 Å². The lowest BCUT2D eigenvalue weighted by Gasteiger charge is -2.15. The molecule has 1 aliphatic rings. The van der Waals surface area contributed by atoms with E-state index >= 15 is 0 Å². The molecule has 0 bridgehead atoms. The summed E-state index contributed by atoms with van der Waals surface area (Å²) in [6.07, 6.45) is -2.06. The number of nitrogens with one attached hydrogen (secondary N) is 2. The lowest BCUT2D eigenvalue weighted by molar-refractivity contribution is -0.168. The first-order chi connectivity index (χ1) is 10.9. The number of anilines is 1. The third-order valence-corrected chi connectivity index (χ3v) is 3.45. The Balaban J connectivity index is 0.00000288. The fourth-order valence-corrected chi connectivity index (χ4v) is 2.24. The second kappa shape index (κ2) is 9.19. The molecule has 0 aliphatic carbocycles. The Kier molecular flexibility index (Phi) is 7.92. The van der Waals surface area contributed by atoms with Crippen LogP contribution < -0.4 is 10.6 Å². The zero-order chi connectivity index (χ0) is 16.9. The molecule has 2 rings (SSSR count). The van der Waals surface area contributed by atoms with Gasteiger partial charge in [0.05, 0.1) is 12.6 Å². The van der Waals surface area contributed by atoms with Gasteiger partial charge in [-0.3, -0.25) is 4.79 Å². The predicted octanol–water partition coefficient (Wildman–Crippen LogP) is 3.22. The number of carbonyl (C=O) groups excluding carboxylic acids is 1. The number of hydrogen-bond donors (Lipinski definition) is 2. The molecule has 1 unspecified atom stereocenters. The normalized spacial score (nSPS) is 17.6. The maximum absolute atomic E-state index is 12.7. The van der Waals surface area contributed by atoms with Crippen LogP contribution in [0.4, 0.5) is 23.2 Å². The summed E-state index contributed by atoms with van der Waals surface area (Å²) in [6, 6.07) is 6.21. The van der Waals surface area contributed by atoms with Gasteiger partial charge in [0.25, 0.3) is 0 Å². The summed E-state index contributed by atoms with van der Waals surface area (Å²) in [7, 11) is 0. The maximum atomic E-state index is 12.7. The number of alkyl halides is 4. The van der Waals surface area contributed by atoms with Crippen molar-refractivity contribution < 1.29 is 27.1 Å². The average molecular weight is 371 g/mol. The quantitative estimate of drug-likeness (QED) is 0.725. The number of hydrogen-bond acceptors (Lipinski definition) is 3. The molecule has 1 aliphatic heterocycles. The zero-order valence-corrected chi connectivity index (χ0v) is 13.6. The Morgan fingerprint density at radius 2 is 2.17 bits per heavy atom. The van der Waals surface area contributed by atoms with Crippen LogP contribution in [0.2, 0.25) is 0 Å². The molecular formula is C15H19ClF4N2O2. The topological polar surface area (TPSA) is 50.4 Å². The third-order valence-electron chi connectivity index (χ3n) is 3.45. The second-order valence-corrected chi connectivity index (χ2v) is 5.39. The van der Waals surface area contributed by atoms with E-state index in [1.807, 2.05) is 0 Å². The van der Waals surface area contributed by atoms with Crippen LogP contribution >= 0.6 is 12.4 Å². The van der Waals surface area contributed by atoms with Crippen molar-refractivity contribution in [1.82, 2.24) is 5.32 Å². The minimum absolute atomic E-state index is 0. The second-order valence-electron chi connectivity index (χ2n) is 5.39. The van der Waals surface area contributed by atoms with Gasteiger partial charge < -0.3 is 15.4 Å². The summed E-state index contributed by atoms with van der Waals surface area (Å²) in [6.45, 7) is -0.800. The van der Waals surface area contributed by atoms with Crippen LogP contribution in [-0.2, 0) is 16.1 Å². The lowest BCUT2D eigenvalue weighted by atomic mass is 10.2. The minimum Gasteiger partial charge on any atom is -0.370 e. The number of rotatable bonds is 7. The molecule has 1 aromatic rings. The van der Waals surface area contributed by atoms with Gasteiger partial charge in [-0.2, -0.15) is 8.78 Å². The van der Waals surface area contributed by atoms with E-state index in [4.69, 9.17) is 0 Å². The first-order valence-electron chi connectivity index (χ1n) is 7.25. The van der Waals surface area contributed by atoms with Crippen molar-refractivity contribution in [2.24, 2.45) is 0 Å². The molecule has 24 heavy (non-hydrogen) atoms. The monoisotopic (exact) mass is 370 g/mol. The fourth-order valence-electron chi connectivity index (χ4n) is 2.24. The molecule has 1 amide bonds. The highest BCUT2D eigenvalue weighted by molar-refractivity contribution is 5.95. The van der Waals surface area contributed by atoms with Gasteiger partial charge in [-0.25, -0.2) is 8.78 Å². The van der Waals surface area contributed by atoms with Crippen molar-refractivity contribution in [3.05, 3.63) is 29.8 Å². The molecule has 4 nitrogen and oxygen atoms in total. The Morgan fingerprint density at radius 1 is 1.42 bits per heavy atom. The van der Waals surface area contributed by atoms with E-state index in [0.717, 1.165) is 19.4 Å². The molecule has 0 aromatic heterocycles. The molecule has 0 spiro atoms. The summed E-state index contributed by atoms with van der Waals surface area (Å²) in [5, 5.41) is 5.79. The molecule has 0 radical (unpaired) electrons. The van der Waals surface area contributed by atoms with Crippen molar-refractivity contribution >= 4 is 24.0 Å². The van der Waals surface area contributed by atoms with Crippen LogP contribution in [0.15, 0.2) is 24.3 Å². The van der Waals surface area contributed by atoms with Crippen LogP contribution in [0.3, 0.4) is 0 Å². The highest BCUT2D eigenvalue weighted by atomic mass is 35.5. The number of carbonyl (C=O) groups is 1. The fraction of sp³-hybridized carbons (Fsp3) is 0.533. The van der Waals surface area contributed by atoms with E-state index < -0.39 is 19.0 Å². The number of halogens is 5. The number of benzene rings is 1. The molecule has 1 heterocycles. The van der Waals surface area contributed by atoms with Gasteiger partial charge in [0.2, 0.25) is 5.91 Å². The maximum Gasteiger partial charge on any atom is 0.330 e. The SMILES string of the molecule is Cl.O=C(Nc1cccc(COCC(F)(F)C(F)F)c1)C1CCCN1. The van der Waals surface area contributed by atoms with E-state index in [0.29, 0.717) is 11.3 Å². The molecule has 2 N–H and O–H groups in total. The van der Waals surface area contributed by atoms with E-state index in [1.165, 1.54) is 0 Å². The summed E-state index contributed by atoms with van der Waals surface area (Å²) in [5.74, 6) is -4.33. The molecule has 1 fully saturated rings. The average Bonchev–Trinajstić information content (AvgIpc) is 3.01. The van der Waals surface area contributed by atoms with Crippen molar-refractivity contribution in [2.75, 3.05) is 18.5 Å². The Morgan fingerprint density at radius 3 is 2.79 bits per heavy atom. The molecule has 1 aromatic carbocycles. The van der Waals surface area contributed by atoms with E-state index in [-0.39, 0.29) is 31.0 Å². The third kappa shape index (κ3) is 5.92. The van der Waals surface area contributed by atoms with Crippen molar-refractivity contribution in [3.63, 3.8) is 0 Å². The van der Waals surface area contributed by atoms with Gasteiger partial charge in [-0.1, -0.05) is 12.1 Å². The Hall–Kier alpha value is -1.38. The summed E-state index contributed by atoms with van der Waals surface area (Å²) >= 11 is 0. The van der Waals surface area contributed by atoms with Crippen LogP contribution in [-0.4, -0.2) is 37.4 Å². The van der Waals surface area contributed by atoms with Gasteiger partial charge in [0, 0.05) is 5.69 Å². The molecule has 136 valence electrons. The van der Waals surface area contributed by atoms with Gasteiger partial charge in [0.1, 0.15) is 6.61 Å². The Bertz CT molecular complexity index is 540. The predicted molar refractivity (Wildman–Crippen MR) is 84.0 cm³/mol. The summed E-state index contributed by atoms with van der Waals surface area (Å²) < 4.78 is 54.1. The van der Waals surface area contributed by atoms with Crippen molar-refractivity contribution in [3.8, 4) is 0 Å². The standard InChI is InChI=1S/C15H18F4N2O2.ClH/c16-14(17)15(18,19)9-23-8-10-3-1-4-11(7-10)21-13(22)12-5-2-6-20-12;/h1,3-4,7,12,14,20H,2,5-6,8-9H2,(H,21,22);1H. The first-order valence-corrected chi connectivity index (χ1v) is 7.25. The zero-order valence-electron chi connectivity index (χ0n) is 12.7. The Labute approximate surface area is 143 Å². The van der Waals surface area contributed by atoms with Gasteiger partial charge in [-0.05, 0) is 37.1 Å². The van der Waals surface area contributed by atoms with Crippen molar-refractivity contribution in [2.45, 2.75) is 37.8 Å². The van der Waals surface area contributed by atoms with Gasteiger partial charge >= 0.3 is 12.3 Å². The van der Waals surface area contributed by atoms with Crippen LogP contribution in [0.5, 0.6) is 0 Å². The smallest absolute Gasteiger partial charge is 0.330 e. The highest BCUT2D eigenvalue weighted by Crippen LogP contribution is 2.23. The molecule has 0 saturated carbocycles. The van der Waals surface area contributed by atoms with E-state index in [2.05, 4.69) is 15.4 Å². The number of amides is 1. The van der Waals surface area contributed by atoms with Gasteiger partial charge in [0.15, 0.2) is 0 Å². The largest absolute Gasteiger partial charge is 0.370 e. The molecule has 1 atom stereocenters. The van der Waals surface area contributed by atoms with Crippen LogP contribution in [0.25, 0.3) is 0 Å². The van der Waals surface area contributed by atoms with E-state index in [1.54, 1.807) is 24.3 Å². The van der Waals surface area contributed by atoms with Crippen LogP contribution in [0, 0.1) is 0 Å².